The highest BCUT2D eigenvalue weighted by Crippen LogP contribution is 2.35. The van der Waals surface area contributed by atoms with Crippen molar-refractivity contribution in [1.29, 1.82) is 0 Å². The van der Waals surface area contributed by atoms with Crippen molar-refractivity contribution in [2.75, 3.05) is 6.61 Å². The molecule has 0 bridgehead atoms. The molecule has 2 N–H and O–H groups in total. The third-order valence-corrected chi connectivity index (χ3v) is 0.992. The van der Waals surface area contributed by atoms with Gasteiger partial charge in [0, 0.05) is 0 Å². The van der Waals surface area contributed by atoms with Crippen molar-refractivity contribution >= 4 is 13.8 Å². The van der Waals surface area contributed by atoms with Crippen LogP contribution in [0.25, 0.3) is 0 Å². The van der Waals surface area contributed by atoms with Crippen LogP contribution in [0.3, 0.4) is 0 Å². The van der Waals surface area contributed by atoms with E-state index < -0.39 is 25.5 Å². The number of carbonyl (C=O) groups excluding carboxylic acids is 1. The first-order valence-electron chi connectivity index (χ1n) is 2.36. The highest BCUT2D eigenvalue weighted by Gasteiger charge is 2.17. The number of phosphoric ester groups is 1. The van der Waals surface area contributed by atoms with Crippen LogP contribution in [0, 0.1) is 10.1 Å². The van der Waals surface area contributed by atoms with Crippen molar-refractivity contribution < 1.29 is 33.6 Å². The second kappa shape index (κ2) is 4.12. The second-order valence-electron chi connectivity index (χ2n) is 1.45. The SMILES string of the molecule is O=C(COP(=O)(O)O)O[N+](=O)[O-]. The molecule has 0 spiro atoms. The van der Waals surface area contributed by atoms with Crippen LogP contribution in [0.1, 0.15) is 0 Å². The summed E-state index contributed by atoms with van der Waals surface area (Å²) in [6.45, 7) is -1.18. The zero-order valence-corrected chi connectivity index (χ0v) is 6.34. The summed E-state index contributed by atoms with van der Waals surface area (Å²) in [6, 6.07) is 0. The van der Waals surface area contributed by atoms with Gasteiger partial charge in [-0.3, -0.25) is 9.32 Å². The molecule has 0 atom stereocenters. The Balaban J connectivity index is 3.73. The van der Waals surface area contributed by atoms with E-state index >= 15 is 0 Å². The summed E-state index contributed by atoms with van der Waals surface area (Å²) in [5.41, 5.74) is 0. The van der Waals surface area contributed by atoms with Crippen LogP contribution in [0.5, 0.6) is 0 Å². The van der Waals surface area contributed by atoms with E-state index in [1.807, 2.05) is 0 Å². The molecule has 0 amide bonds. The zero-order chi connectivity index (χ0) is 9.78. The smallest absolute Gasteiger partial charge is 0.303 e. The minimum absolute atomic E-state index is 1.18. The Morgan fingerprint density at radius 2 is 2.08 bits per heavy atom. The van der Waals surface area contributed by atoms with Crippen LogP contribution in [-0.2, 0) is 18.7 Å². The average molecular weight is 201 g/mol. The largest absolute Gasteiger partial charge is 0.470 e. The lowest BCUT2D eigenvalue weighted by Crippen LogP contribution is -2.15. The number of phosphoric acid groups is 1. The molecule has 0 aliphatic carbocycles. The average Bonchev–Trinajstić information content (AvgIpc) is 1.80. The molecule has 0 rings (SSSR count). The fourth-order valence-electron chi connectivity index (χ4n) is 0.246. The third kappa shape index (κ3) is 7.09. The highest BCUT2D eigenvalue weighted by atomic mass is 31.2. The highest BCUT2D eigenvalue weighted by molar-refractivity contribution is 7.46. The van der Waals surface area contributed by atoms with Crippen molar-refractivity contribution in [3.8, 4) is 0 Å². The summed E-state index contributed by atoms with van der Waals surface area (Å²) in [4.78, 5) is 38.9. The number of rotatable bonds is 4. The Hall–Kier alpha value is -1.02. The molecule has 0 unspecified atom stereocenters. The molecule has 9 nitrogen and oxygen atoms in total. The predicted molar refractivity (Wildman–Crippen MR) is 31.1 cm³/mol. The molecule has 0 heterocycles. The summed E-state index contributed by atoms with van der Waals surface area (Å²) < 4.78 is 13.5. The van der Waals surface area contributed by atoms with Crippen molar-refractivity contribution in [3.63, 3.8) is 0 Å². The first-order chi connectivity index (χ1) is 5.31. The van der Waals surface area contributed by atoms with Gasteiger partial charge in [-0.15, -0.1) is 10.1 Å². The van der Waals surface area contributed by atoms with Crippen molar-refractivity contribution in [1.82, 2.24) is 0 Å². The summed E-state index contributed by atoms with van der Waals surface area (Å²) in [6.07, 6.45) is 0. The van der Waals surface area contributed by atoms with Gasteiger partial charge in [-0.25, -0.2) is 9.40 Å². The van der Waals surface area contributed by atoms with Gasteiger partial charge in [-0.05, 0) is 0 Å². The Kier molecular flexibility index (Phi) is 3.77. The van der Waals surface area contributed by atoms with Gasteiger partial charge in [0.1, 0.15) is 6.61 Å². The molecule has 0 aliphatic rings. The maximum absolute atomic E-state index is 10.2. The second-order valence-corrected chi connectivity index (χ2v) is 2.69. The standard InChI is InChI=1S/C2H4NO8P/c4-2(11-3(5)6)1-10-12(7,8)9/h1H2,(H2,7,8,9). The lowest BCUT2D eigenvalue weighted by molar-refractivity contribution is -0.729. The molecule has 0 aliphatic heterocycles. The number of hydrogen-bond donors (Lipinski definition) is 2. The molecule has 0 saturated heterocycles. The van der Waals surface area contributed by atoms with Gasteiger partial charge in [0.05, 0.1) is 0 Å². The first kappa shape index (κ1) is 11.0. The summed E-state index contributed by atoms with van der Waals surface area (Å²) >= 11 is 0. The lowest BCUT2D eigenvalue weighted by atomic mass is 10.8. The molecule has 0 saturated carbocycles. The fourth-order valence-corrected chi connectivity index (χ4v) is 0.520. The first-order valence-corrected chi connectivity index (χ1v) is 3.89. The van der Waals surface area contributed by atoms with E-state index in [4.69, 9.17) is 9.79 Å². The summed E-state index contributed by atoms with van der Waals surface area (Å²) in [5.74, 6) is -1.50. The van der Waals surface area contributed by atoms with Crippen molar-refractivity contribution in [2.45, 2.75) is 0 Å². The van der Waals surface area contributed by atoms with Crippen LogP contribution >= 0.6 is 7.82 Å². The van der Waals surface area contributed by atoms with E-state index in [0.717, 1.165) is 0 Å². The van der Waals surface area contributed by atoms with E-state index in [2.05, 4.69) is 9.36 Å². The third-order valence-electron chi connectivity index (χ3n) is 0.527. The van der Waals surface area contributed by atoms with Gasteiger partial charge in [-0.1, -0.05) is 0 Å². The van der Waals surface area contributed by atoms with Gasteiger partial charge in [0.2, 0.25) is 0 Å². The Morgan fingerprint density at radius 3 is 2.42 bits per heavy atom. The van der Waals surface area contributed by atoms with Crippen LogP contribution in [0.15, 0.2) is 0 Å². The Labute approximate surface area is 65.2 Å². The van der Waals surface area contributed by atoms with E-state index in [9.17, 15) is 19.5 Å². The van der Waals surface area contributed by atoms with E-state index in [-0.39, 0.29) is 0 Å². The van der Waals surface area contributed by atoms with Gasteiger partial charge in [0.25, 0.3) is 0 Å². The molecule has 70 valence electrons. The molecule has 0 aromatic rings. The normalized spacial score (nSPS) is 10.8. The predicted octanol–water partition coefficient (Wildman–Crippen LogP) is -1.17. The monoisotopic (exact) mass is 201 g/mol. The van der Waals surface area contributed by atoms with Crippen molar-refractivity contribution in [3.05, 3.63) is 10.1 Å². The summed E-state index contributed by atoms with van der Waals surface area (Å²) in [7, 11) is -4.79. The molecule has 0 aromatic heterocycles. The maximum Gasteiger partial charge on any atom is 0.470 e. The molecule has 10 heteroatoms. The minimum Gasteiger partial charge on any atom is -0.303 e. The molecule has 0 aromatic carbocycles. The Morgan fingerprint density at radius 1 is 1.58 bits per heavy atom. The van der Waals surface area contributed by atoms with E-state index in [0.29, 0.717) is 0 Å². The molecule has 0 radical (unpaired) electrons. The van der Waals surface area contributed by atoms with Gasteiger partial charge < -0.3 is 9.79 Å². The van der Waals surface area contributed by atoms with Crippen LogP contribution < -0.4 is 0 Å². The number of hydrogen-bond acceptors (Lipinski definition) is 6. The zero-order valence-electron chi connectivity index (χ0n) is 5.45. The van der Waals surface area contributed by atoms with Crippen LogP contribution in [0.4, 0.5) is 0 Å². The topological polar surface area (TPSA) is 136 Å². The molecule has 12 heavy (non-hydrogen) atoms. The van der Waals surface area contributed by atoms with Crippen molar-refractivity contribution in [2.24, 2.45) is 0 Å². The molecular weight excluding hydrogens is 197 g/mol. The molecular formula is C2H4NO8P. The number of carbonyl (C=O) groups is 1. The van der Waals surface area contributed by atoms with Crippen LogP contribution in [-0.4, -0.2) is 27.4 Å². The van der Waals surface area contributed by atoms with Gasteiger partial charge >= 0.3 is 18.9 Å². The van der Waals surface area contributed by atoms with Crippen LogP contribution in [0.2, 0.25) is 0 Å². The van der Waals surface area contributed by atoms with Gasteiger partial charge in [0.15, 0.2) is 0 Å². The minimum atomic E-state index is -4.79. The maximum atomic E-state index is 10.2. The lowest BCUT2D eigenvalue weighted by Gasteiger charge is -2.01. The Bertz CT molecular complexity index is 229. The van der Waals surface area contributed by atoms with E-state index in [1.165, 1.54) is 0 Å². The quantitative estimate of drug-likeness (QED) is 0.329. The molecule has 0 fully saturated rings. The van der Waals surface area contributed by atoms with Gasteiger partial charge in [-0.2, -0.15) is 0 Å². The number of nitrogens with zero attached hydrogens (tertiary/aromatic N) is 1. The van der Waals surface area contributed by atoms with E-state index in [1.54, 1.807) is 0 Å². The summed E-state index contributed by atoms with van der Waals surface area (Å²) in [5, 5.41) is 8.04. The fraction of sp³-hybridized carbons (Fsp3) is 0.500.